The van der Waals surface area contributed by atoms with Gasteiger partial charge in [-0.15, -0.1) is 11.3 Å². The predicted molar refractivity (Wildman–Crippen MR) is 69.1 cm³/mol. The molecule has 0 bridgehead atoms. The van der Waals surface area contributed by atoms with Crippen LogP contribution in [0, 0.1) is 0 Å². The van der Waals surface area contributed by atoms with E-state index in [1.165, 1.54) is 18.5 Å². The molecular weight excluding hydrogens is 218 g/mol. The molecule has 2 aromatic rings. The van der Waals surface area contributed by atoms with Crippen LogP contribution in [0.25, 0.3) is 4.96 Å². The lowest BCUT2D eigenvalue weighted by atomic mass is 10.1. The Morgan fingerprint density at radius 2 is 2.44 bits per heavy atom. The molecule has 16 heavy (non-hydrogen) atoms. The van der Waals surface area contributed by atoms with E-state index in [1.54, 1.807) is 11.3 Å². The summed E-state index contributed by atoms with van der Waals surface area (Å²) in [5, 5.41) is 5.50. The number of fused-ring (bicyclic) bond motifs is 1. The zero-order chi connectivity index (χ0) is 11.4. The van der Waals surface area contributed by atoms with Crippen molar-refractivity contribution in [3.8, 4) is 0 Å². The molecule has 0 aliphatic heterocycles. The number of imidazole rings is 1. The molecule has 0 amide bonds. The maximum atomic E-state index is 4.58. The average molecular weight is 237 g/mol. The first-order chi connectivity index (χ1) is 7.79. The molecule has 2 rings (SSSR count). The van der Waals surface area contributed by atoms with Crippen LogP contribution >= 0.6 is 11.3 Å². The van der Waals surface area contributed by atoms with E-state index in [0.717, 1.165) is 17.9 Å². The molecule has 0 spiro atoms. The van der Waals surface area contributed by atoms with E-state index >= 15 is 0 Å². The highest BCUT2D eigenvalue weighted by Crippen LogP contribution is 2.13. The molecule has 0 saturated carbocycles. The van der Waals surface area contributed by atoms with E-state index in [4.69, 9.17) is 0 Å². The molecule has 0 radical (unpaired) electrons. The Bertz CT molecular complexity index is 404. The first-order valence-electron chi connectivity index (χ1n) is 5.94. The minimum atomic E-state index is 0.619. The van der Waals surface area contributed by atoms with Crippen LogP contribution in [-0.4, -0.2) is 22.0 Å². The Hall–Kier alpha value is -0.870. The van der Waals surface area contributed by atoms with Gasteiger partial charge < -0.3 is 5.32 Å². The lowest BCUT2D eigenvalue weighted by molar-refractivity contribution is 0.511. The Labute approximate surface area is 101 Å². The third kappa shape index (κ3) is 2.83. The Morgan fingerprint density at radius 1 is 1.56 bits per heavy atom. The van der Waals surface area contributed by atoms with Gasteiger partial charge in [0.05, 0.1) is 5.69 Å². The van der Waals surface area contributed by atoms with Crippen molar-refractivity contribution in [2.75, 3.05) is 6.54 Å². The molecule has 1 N–H and O–H groups in total. The van der Waals surface area contributed by atoms with Crippen LogP contribution in [0.3, 0.4) is 0 Å². The Balaban J connectivity index is 1.80. The number of thiazole rings is 1. The molecule has 88 valence electrons. The van der Waals surface area contributed by atoms with Gasteiger partial charge in [0.1, 0.15) is 0 Å². The molecule has 1 unspecified atom stereocenters. The smallest absolute Gasteiger partial charge is 0.193 e. The number of aryl methyl sites for hydroxylation is 1. The monoisotopic (exact) mass is 237 g/mol. The number of rotatable bonds is 6. The average Bonchev–Trinajstić information content (AvgIpc) is 2.78. The summed E-state index contributed by atoms with van der Waals surface area (Å²) < 4.78 is 2.10. The number of nitrogens with zero attached hydrogens (tertiary/aromatic N) is 2. The maximum Gasteiger partial charge on any atom is 0.193 e. The van der Waals surface area contributed by atoms with Gasteiger partial charge in [0, 0.05) is 23.8 Å². The van der Waals surface area contributed by atoms with Gasteiger partial charge in [-0.1, -0.05) is 6.92 Å². The zero-order valence-corrected chi connectivity index (χ0v) is 10.8. The number of hydrogen-bond acceptors (Lipinski definition) is 3. The van der Waals surface area contributed by atoms with Gasteiger partial charge in [0.2, 0.25) is 0 Å². The minimum absolute atomic E-state index is 0.619. The second kappa shape index (κ2) is 5.46. The first kappa shape index (κ1) is 11.6. The second-order valence-electron chi connectivity index (χ2n) is 4.18. The van der Waals surface area contributed by atoms with Crippen molar-refractivity contribution in [1.29, 1.82) is 0 Å². The van der Waals surface area contributed by atoms with Gasteiger partial charge in [-0.25, -0.2) is 4.98 Å². The van der Waals surface area contributed by atoms with Crippen molar-refractivity contribution in [2.24, 2.45) is 0 Å². The Kier molecular flexibility index (Phi) is 3.96. The number of hydrogen-bond donors (Lipinski definition) is 1. The molecule has 2 aromatic heterocycles. The van der Waals surface area contributed by atoms with Crippen LogP contribution < -0.4 is 5.32 Å². The maximum absolute atomic E-state index is 4.58. The molecule has 0 aliphatic rings. The van der Waals surface area contributed by atoms with Crippen molar-refractivity contribution in [3.05, 3.63) is 23.5 Å². The molecule has 0 fully saturated rings. The van der Waals surface area contributed by atoms with E-state index in [9.17, 15) is 0 Å². The van der Waals surface area contributed by atoms with Crippen molar-refractivity contribution >= 4 is 16.3 Å². The van der Waals surface area contributed by atoms with Crippen molar-refractivity contribution < 1.29 is 0 Å². The summed E-state index contributed by atoms with van der Waals surface area (Å²) in [6.07, 6.45) is 7.73. The van der Waals surface area contributed by atoms with Crippen LogP contribution in [-0.2, 0) is 6.42 Å². The molecule has 0 saturated heterocycles. The molecule has 1 atom stereocenters. The van der Waals surface area contributed by atoms with Crippen molar-refractivity contribution in [1.82, 2.24) is 14.7 Å². The number of aromatic nitrogens is 2. The predicted octanol–water partition coefficient (Wildman–Crippen LogP) is 2.72. The summed E-state index contributed by atoms with van der Waals surface area (Å²) in [6.45, 7) is 5.45. The van der Waals surface area contributed by atoms with E-state index in [0.29, 0.717) is 6.04 Å². The summed E-state index contributed by atoms with van der Waals surface area (Å²) in [7, 11) is 0. The van der Waals surface area contributed by atoms with Crippen LogP contribution in [0.1, 0.15) is 32.4 Å². The summed E-state index contributed by atoms with van der Waals surface area (Å²) in [6, 6.07) is 0.619. The van der Waals surface area contributed by atoms with Gasteiger partial charge >= 0.3 is 0 Å². The highest BCUT2D eigenvalue weighted by molar-refractivity contribution is 7.15. The van der Waals surface area contributed by atoms with E-state index in [2.05, 4.69) is 46.3 Å². The third-order valence-corrected chi connectivity index (χ3v) is 3.54. The summed E-state index contributed by atoms with van der Waals surface area (Å²) in [4.78, 5) is 5.68. The lowest BCUT2D eigenvalue weighted by Gasteiger charge is -2.10. The van der Waals surface area contributed by atoms with Crippen molar-refractivity contribution in [3.63, 3.8) is 0 Å². The standard InChI is InChI=1S/C12H19N3S/c1-3-13-10(2)5-4-6-11-9-15-7-8-16-12(15)14-11/h7-10,13H,3-6H2,1-2H3. The van der Waals surface area contributed by atoms with E-state index in [-0.39, 0.29) is 0 Å². The number of nitrogens with one attached hydrogen (secondary N) is 1. The van der Waals surface area contributed by atoms with Gasteiger partial charge in [0.15, 0.2) is 4.96 Å². The molecule has 2 heterocycles. The summed E-state index contributed by atoms with van der Waals surface area (Å²) in [5.74, 6) is 0. The molecule has 4 heteroatoms. The molecular formula is C12H19N3S. The molecule has 0 aliphatic carbocycles. The second-order valence-corrected chi connectivity index (χ2v) is 5.05. The highest BCUT2D eigenvalue weighted by Gasteiger charge is 2.04. The third-order valence-electron chi connectivity index (χ3n) is 2.77. The van der Waals surface area contributed by atoms with Gasteiger partial charge in [-0.2, -0.15) is 0 Å². The van der Waals surface area contributed by atoms with Crippen molar-refractivity contribution in [2.45, 2.75) is 39.2 Å². The van der Waals surface area contributed by atoms with Gasteiger partial charge in [-0.3, -0.25) is 4.40 Å². The highest BCUT2D eigenvalue weighted by atomic mass is 32.1. The van der Waals surface area contributed by atoms with Crippen LogP contribution in [0.4, 0.5) is 0 Å². The van der Waals surface area contributed by atoms with Gasteiger partial charge in [-0.05, 0) is 32.7 Å². The largest absolute Gasteiger partial charge is 0.315 e. The van der Waals surface area contributed by atoms with Crippen LogP contribution in [0.15, 0.2) is 17.8 Å². The lowest BCUT2D eigenvalue weighted by Crippen LogP contribution is -2.25. The summed E-state index contributed by atoms with van der Waals surface area (Å²) in [5.41, 5.74) is 1.22. The summed E-state index contributed by atoms with van der Waals surface area (Å²) >= 11 is 1.70. The topological polar surface area (TPSA) is 29.3 Å². The minimum Gasteiger partial charge on any atom is -0.315 e. The molecule has 3 nitrogen and oxygen atoms in total. The fraction of sp³-hybridized carbons (Fsp3) is 0.583. The first-order valence-corrected chi connectivity index (χ1v) is 6.82. The Morgan fingerprint density at radius 3 is 3.19 bits per heavy atom. The van der Waals surface area contributed by atoms with Crippen LogP contribution in [0.2, 0.25) is 0 Å². The fourth-order valence-electron chi connectivity index (χ4n) is 1.94. The van der Waals surface area contributed by atoms with Crippen LogP contribution in [0.5, 0.6) is 0 Å². The fourth-order valence-corrected chi connectivity index (χ4v) is 2.66. The van der Waals surface area contributed by atoms with E-state index < -0.39 is 0 Å². The zero-order valence-electron chi connectivity index (χ0n) is 9.94. The quantitative estimate of drug-likeness (QED) is 0.837. The van der Waals surface area contributed by atoms with Gasteiger partial charge in [0.25, 0.3) is 0 Å². The molecule has 0 aromatic carbocycles. The van der Waals surface area contributed by atoms with E-state index in [1.807, 2.05) is 0 Å². The SMILES string of the molecule is CCNC(C)CCCc1cn2ccsc2n1. The normalized spacial score (nSPS) is 13.4.